The predicted molar refractivity (Wildman–Crippen MR) is 116 cm³/mol. The maximum absolute atomic E-state index is 12.8. The molecule has 1 fully saturated rings. The topological polar surface area (TPSA) is 141 Å². The molecule has 1 aliphatic rings. The van der Waals surface area contributed by atoms with Gasteiger partial charge in [-0.3, -0.25) is 14.4 Å². The summed E-state index contributed by atoms with van der Waals surface area (Å²) in [5, 5.41) is 0. The maximum Gasteiger partial charge on any atom is 0.340 e. The van der Waals surface area contributed by atoms with Gasteiger partial charge in [-0.1, -0.05) is 20.8 Å². The van der Waals surface area contributed by atoms with E-state index in [4.69, 9.17) is 23.7 Å². The Morgan fingerprint density at radius 2 is 1.41 bits per heavy atom. The van der Waals surface area contributed by atoms with Crippen molar-refractivity contribution < 1.29 is 52.4 Å². The third-order valence-electron chi connectivity index (χ3n) is 4.84. The smallest absolute Gasteiger partial charge is 0.340 e. The number of hydrogen-bond donors (Lipinski definition) is 0. The van der Waals surface area contributed by atoms with E-state index in [0.29, 0.717) is 19.3 Å². The molecule has 0 aliphatic carbocycles. The lowest BCUT2D eigenvalue weighted by Crippen LogP contribution is -2.62. The van der Waals surface area contributed by atoms with E-state index < -0.39 is 53.4 Å². The van der Waals surface area contributed by atoms with Gasteiger partial charge in [0.2, 0.25) is 6.10 Å². The Morgan fingerprint density at radius 3 is 1.94 bits per heavy atom. The monoisotopic (exact) mass is 486 g/mol. The van der Waals surface area contributed by atoms with Crippen molar-refractivity contribution in [2.75, 3.05) is 20.8 Å². The average molecular weight is 487 g/mol. The second-order valence-corrected chi connectivity index (χ2v) is 7.54. The van der Waals surface area contributed by atoms with Crippen molar-refractivity contribution >= 4 is 29.8 Å². The van der Waals surface area contributed by atoms with Gasteiger partial charge in [-0.25, -0.2) is 9.59 Å². The summed E-state index contributed by atoms with van der Waals surface area (Å²) in [6.45, 7) is 5.12. The van der Waals surface area contributed by atoms with Crippen molar-refractivity contribution in [1.82, 2.24) is 0 Å². The van der Waals surface area contributed by atoms with Crippen molar-refractivity contribution in [3.8, 4) is 0 Å². The lowest BCUT2D eigenvalue weighted by Gasteiger charge is -2.45. The molecule has 0 amide bonds. The first-order valence-electron chi connectivity index (χ1n) is 11.3. The van der Waals surface area contributed by atoms with Gasteiger partial charge in [0.15, 0.2) is 0 Å². The highest BCUT2D eigenvalue weighted by Crippen LogP contribution is 2.39. The van der Waals surface area contributed by atoms with E-state index in [1.807, 2.05) is 0 Å². The third-order valence-corrected chi connectivity index (χ3v) is 4.84. The van der Waals surface area contributed by atoms with Crippen LogP contribution in [0.5, 0.6) is 0 Å². The van der Waals surface area contributed by atoms with Gasteiger partial charge in [0.25, 0.3) is 5.79 Å². The Bertz CT molecular complexity index is 773. The lowest BCUT2D eigenvalue weighted by molar-refractivity contribution is -0.294. The number of ether oxygens (including phenoxy) is 6. The number of hydrogen-bond acceptors (Lipinski definition) is 11. The molecule has 0 aromatic rings. The van der Waals surface area contributed by atoms with Crippen molar-refractivity contribution in [3.05, 3.63) is 11.6 Å². The molecule has 1 aliphatic heterocycles. The fraction of sp³-hybridized carbons (Fsp3) is 0.696. The third kappa shape index (κ3) is 7.82. The molecule has 0 bridgehead atoms. The Hall–Kier alpha value is -2.95. The van der Waals surface area contributed by atoms with Gasteiger partial charge in [0, 0.05) is 31.8 Å². The number of rotatable bonds is 12. The molecule has 0 saturated carbocycles. The summed E-state index contributed by atoms with van der Waals surface area (Å²) < 4.78 is 31.9. The van der Waals surface area contributed by atoms with Gasteiger partial charge in [0.1, 0.15) is 11.7 Å². The molecular weight excluding hydrogens is 452 g/mol. The quantitative estimate of drug-likeness (QED) is 0.227. The van der Waals surface area contributed by atoms with Crippen molar-refractivity contribution in [2.45, 2.75) is 83.7 Å². The van der Waals surface area contributed by atoms with Crippen molar-refractivity contribution in [3.63, 3.8) is 0 Å². The minimum atomic E-state index is -2.41. The van der Waals surface area contributed by atoms with Crippen LogP contribution in [0.3, 0.4) is 0 Å². The first-order valence-corrected chi connectivity index (χ1v) is 11.3. The minimum absolute atomic E-state index is 0.000609. The van der Waals surface area contributed by atoms with Crippen LogP contribution in [-0.2, 0) is 52.4 Å². The summed E-state index contributed by atoms with van der Waals surface area (Å²) >= 11 is 0. The van der Waals surface area contributed by atoms with Crippen LogP contribution < -0.4 is 0 Å². The molecule has 0 N–H and O–H groups in total. The summed E-state index contributed by atoms with van der Waals surface area (Å²) in [5.74, 6) is -6.54. The van der Waals surface area contributed by atoms with Gasteiger partial charge in [0.05, 0.1) is 20.8 Å². The molecule has 1 saturated heterocycles. The fourth-order valence-electron chi connectivity index (χ4n) is 3.30. The van der Waals surface area contributed by atoms with Crippen LogP contribution in [0, 0.1) is 0 Å². The molecular formula is C23H34O11. The molecule has 0 aromatic carbocycles. The molecule has 11 heteroatoms. The van der Waals surface area contributed by atoms with Crippen LogP contribution >= 0.6 is 0 Å². The lowest BCUT2D eigenvalue weighted by atomic mass is 9.90. The van der Waals surface area contributed by atoms with Crippen molar-refractivity contribution in [1.29, 1.82) is 0 Å². The molecule has 3 unspecified atom stereocenters. The van der Waals surface area contributed by atoms with Gasteiger partial charge in [-0.15, -0.1) is 0 Å². The molecule has 0 aromatic heterocycles. The van der Waals surface area contributed by atoms with E-state index in [1.165, 1.54) is 0 Å². The van der Waals surface area contributed by atoms with E-state index in [9.17, 15) is 24.0 Å². The highest BCUT2D eigenvalue weighted by molar-refractivity contribution is 5.98. The molecule has 1 heterocycles. The zero-order chi connectivity index (χ0) is 25.7. The molecule has 192 valence electrons. The van der Waals surface area contributed by atoms with Gasteiger partial charge < -0.3 is 28.4 Å². The Labute approximate surface area is 199 Å². The molecule has 34 heavy (non-hydrogen) atoms. The second-order valence-electron chi connectivity index (χ2n) is 7.54. The van der Waals surface area contributed by atoms with Gasteiger partial charge in [-0.2, -0.15) is 0 Å². The van der Waals surface area contributed by atoms with E-state index >= 15 is 0 Å². The summed E-state index contributed by atoms with van der Waals surface area (Å²) in [6, 6.07) is 0. The summed E-state index contributed by atoms with van der Waals surface area (Å²) in [5.41, 5.74) is -0.572. The highest BCUT2D eigenvalue weighted by Gasteiger charge is 2.59. The largest absolute Gasteiger partial charge is 0.466 e. The standard InChI is InChI=1S/C23H34O11/c1-6-9-17(24)32-16-12-13-31-23(34-19(26)11-8-3,21(16)33-18(25)10-7-2)15(22(28)30-5)14-20(27)29-4/h14,16,21H,6-13H2,1-5H3/b15-14-. The number of carbonyl (C=O) groups is 5. The second kappa shape index (κ2) is 14.3. The Balaban J connectivity index is 3.72. The zero-order valence-electron chi connectivity index (χ0n) is 20.4. The fourth-order valence-corrected chi connectivity index (χ4v) is 3.30. The molecule has 11 nitrogen and oxygen atoms in total. The normalized spacial score (nSPS) is 22.3. The average Bonchev–Trinajstić information content (AvgIpc) is 2.79. The summed E-state index contributed by atoms with van der Waals surface area (Å²) in [7, 11) is 2.13. The molecule has 3 atom stereocenters. The van der Waals surface area contributed by atoms with Crippen molar-refractivity contribution in [2.24, 2.45) is 0 Å². The van der Waals surface area contributed by atoms with E-state index in [-0.39, 0.29) is 32.3 Å². The minimum Gasteiger partial charge on any atom is -0.466 e. The van der Waals surface area contributed by atoms with E-state index in [0.717, 1.165) is 20.3 Å². The maximum atomic E-state index is 12.8. The first-order chi connectivity index (χ1) is 16.2. The molecule has 1 rings (SSSR count). The molecule has 0 spiro atoms. The van der Waals surface area contributed by atoms with Crippen LogP contribution in [0.25, 0.3) is 0 Å². The predicted octanol–water partition coefficient (Wildman–Crippen LogP) is 2.14. The van der Waals surface area contributed by atoms with Crippen LogP contribution in [0.1, 0.15) is 65.7 Å². The number of carbonyl (C=O) groups excluding carboxylic acids is 5. The van der Waals surface area contributed by atoms with Crippen LogP contribution in [-0.4, -0.2) is 68.7 Å². The SMILES string of the molecule is CCCC(=O)OC1CCOC(OC(=O)CCC)(/C(=C\C(=O)OC)C(=O)OC)C1OC(=O)CCC. The number of methoxy groups -OCH3 is 2. The summed E-state index contributed by atoms with van der Waals surface area (Å²) in [6.07, 6.45) is -0.513. The van der Waals surface area contributed by atoms with E-state index in [1.54, 1.807) is 20.8 Å². The van der Waals surface area contributed by atoms with E-state index in [2.05, 4.69) is 4.74 Å². The van der Waals surface area contributed by atoms with Crippen LogP contribution in [0.4, 0.5) is 0 Å². The number of esters is 5. The molecule has 0 radical (unpaired) electrons. The Morgan fingerprint density at radius 1 is 0.853 bits per heavy atom. The summed E-state index contributed by atoms with van der Waals surface area (Å²) in [4.78, 5) is 62.3. The highest BCUT2D eigenvalue weighted by atomic mass is 16.7. The zero-order valence-corrected chi connectivity index (χ0v) is 20.4. The van der Waals surface area contributed by atoms with Gasteiger partial charge in [-0.05, 0) is 19.3 Å². The first kappa shape index (κ1) is 29.1. The van der Waals surface area contributed by atoms with Crippen LogP contribution in [0.2, 0.25) is 0 Å². The van der Waals surface area contributed by atoms with Gasteiger partial charge >= 0.3 is 29.8 Å². The van der Waals surface area contributed by atoms with Crippen LogP contribution in [0.15, 0.2) is 11.6 Å². The Kier molecular flexibility index (Phi) is 12.3.